The summed E-state index contributed by atoms with van der Waals surface area (Å²) in [6.07, 6.45) is 3.35. The Hall–Kier alpha value is -2.90. The average molecular weight is 382 g/mol. The number of aryl methyl sites for hydroxylation is 1. The molecule has 0 amide bonds. The van der Waals surface area contributed by atoms with Crippen molar-refractivity contribution in [3.8, 4) is 16.9 Å². The summed E-state index contributed by atoms with van der Waals surface area (Å²) in [6, 6.07) is 5.54. The molecule has 1 aromatic carbocycles. The monoisotopic (exact) mass is 382 g/mol. The third-order valence-electron chi connectivity index (χ3n) is 4.83. The number of phenolic OH excluding ortho intramolecular Hbond substituents is 1. The fourth-order valence-electron chi connectivity index (χ4n) is 3.65. The number of carboxylic acids is 1. The third kappa shape index (κ3) is 3.46. The van der Waals surface area contributed by atoms with Crippen LogP contribution in [0, 0.1) is 0 Å². The summed E-state index contributed by atoms with van der Waals surface area (Å²) in [5.41, 5.74) is 3.86. The Morgan fingerprint density at radius 3 is 2.25 bits per heavy atom. The summed E-state index contributed by atoms with van der Waals surface area (Å²) in [6.45, 7) is 0.909. The minimum Gasteiger partial charge on any atom is -0.507 e. The zero-order chi connectivity index (χ0) is 20.6. The number of pyridine rings is 1. The van der Waals surface area contributed by atoms with Crippen molar-refractivity contribution in [1.29, 1.82) is 0 Å². The van der Waals surface area contributed by atoms with Crippen molar-refractivity contribution in [2.45, 2.75) is 13.1 Å². The molecule has 0 aliphatic carbocycles. The van der Waals surface area contributed by atoms with Gasteiger partial charge in [-0.25, -0.2) is 4.79 Å². The Bertz CT molecular complexity index is 1020. The van der Waals surface area contributed by atoms with E-state index in [-0.39, 0.29) is 11.3 Å². The lowest BCUT2D eigenvalue weighted by molar-refractivity contribution is 0.0696. The molecule has 0 radical (unpaired) electrons. The standard InChI is InChI=1S/C21H26N4O3/c1-23(2)11-15-18-16(10-14(20(15)26)13-6-8-22-9-7-13)25(5)17(12-24(3)4)19(18)21(27)28/h6-10,26H,11-12H2,1-5H3,(H,27,28). The van der Waals surface area contributed by atoms with Gasteiger partial charge in [0.15, 0.2) is 0 Å². The summed E-state index contributed by atoms with van der Waals surface area (Å²) in [4.78, 5) is 20.1. The maximum absolute atomic E-state index is 12.2. The number of phenols is 1. The molecule has 3 aromatic rings. The second-order valence-corrected chi connectivity index (χ2v) is 7.54. The van der Waals surface area contributed by atoms with E-state index in [4.69, 9.17) is 0 Å². The highest BCUT2D eigenvalue weighted by Gasteiger charge is 2.27. The lowest BCUT2D eigenvalue weighted by atomic mass is 9.96. The SMILES string of the molecule is CN(C)Cc1c(O)c(-c2ccncc2)cc2c1c(C(=O)O)c(CN(C)C)n2C. The highest BCUT2D eigenvalue weighted by molar-refractivity contribution is 6.08. The van der Waals surface area contributed by atoms with Gasteiger partial charge in [0, 0.05) is 54.7 Å². The Labute approximate surface area is 164 Å². The molecule has 0 spiro atoms. The predicted molar refractivity (Wildman–Crippen MR) is 110 cm³/mol. The normalized spacial score (nSPS) is 11.7. The van der Waals surface area contributed by atoms with Crippen LogP contribution in [0.4, 0.5) is 0 Å². The van der Waals surface area contributed by atoms with Crippen molar-refractivity contribution in [3.63, 3.8) is 0 Å². The number of benzene rings is 1. The van der Waals surface area contributed by atoms with Gasteiger partial charge in [-0.1, -0.05) is 0 Å². The Morgan fingerprint density at radius 1 is 1.11 bits per heavy atom. The molecule has 2 heterocycles. The zero-order valence-corrected chi connectivity index (χ0v) is 16.9. The van der Waals surface area contributed by atoms with Crippen LogP contribution in [0.5, 0.6) is 5.75 Å². The number of nitrogens with zero attached hydrogens (tertiary/aromatic N) is 4. The van der Waals surface area contributed by atoms with Crippen LogP contribution in [-0.2, 0) is 20.1 Å². The van der Waals surface area contributed by atoms with Crippen LogP contribution in [0.3, 0.4) is 0 Å². The summed E-state index contributed by atoms with van der Waals surface area (Å²) < 4.78 is 1.92. The minimum absolute atomic E-state index is 0.108. The van der Waals surface area contributed by atoms with Gasteiger partial charge >= 0.3 is 5.97 Å². The third-order valence-corrected chi connectivity index (χ3v) is 4.83. The summed E-state index contributed by atoms with van der Waals surface area (Å²) >= 11 is 0. The number of carbonyl (C=O) groups is 1. The molecule has 0 saturated heterocycles. The maximum atomic E-state index is 12.2. The summed E-state index contributed by atoms with van der Waals surface area (Å²) in [5.74, 6) is -0.879. The van der Waals surface area contributed by atoms with E-state index in [9.17, 15) is 15.0 Å². The number of hydrogen-bond donors (Lipinski definition) is 2. The first-order valence-corrected chi connectivity index (χ1v) is 9.01. The molecule has 0 bridgehead atoms. The Morgan fingerprint density at radius 2 is 1.71 bits per heavy atom. The number of fused-ring (bicyclic) bond motifs is 1. The molecule has 0 unspecified atom stereocenters. The molecule has 148 valence electrons. The average Bonchev–Trinajstić information content (AvgIpc) is 2.89. The van der Waals surface area contributed by atoms with Gasteiger partial charge in [-0.15, -0.1) is 0 Å². The fraction of sp³-hybridized carbons (Fsp3) is 0.333. The smallest absolute Gasteiger partial charge is 0.338 e. The van der Waals surface area contributed by atoms with Gasteiger partial charge in [0.05, 0.1) is 11.1 Å². The van der Waals surface area contributed by atoms with Gasteiger partial charge in [0.1, 0.15) is 5.75 Å². The summed E-state index contributed by atoms with van der Waals surface area (Å²) in [7, 11) is 9.48. The molecule has 0 atom stereocenters. The quantitative estimate of drug-likeness (QED) is 0.682. The van der Waals surface area contributed by atoms with Gasteiger partial charge < -0.3 is 24.6 Å². The van der Waals surface area contributed by atoms with E-state index in [0.29, 0.717) is 35.3 Å². The molecular weight excluding hydrogens is 356 g/mol. The van der Waals surface area contributed by atoms with Crippen LogP contribution < -0.4 is 0 Å². The first-order valence-electron chi connectivity index (χ1n) is 9.01. The molecule has 2 aromatic heterocycles. The zero-order valence-electron chi connectivity index (χ0n) is 16.9. The maximum Gasteiger partial charge on any atom is 0.338 e. The molecular formula is C21H26N4O3. The largest absolute Gasteiger partial charge is 0.507 e. The van der Waals surface area contributed by atoms with Crippen LogP contribution in [-0.4, -0.2) is 63.7 Å². The van der Waals surface area contributed by atoms with Crippen molar-refractivity contribution in [2.24, 2.45) is 7.05 Å². The van der Waals surface area contributed by atoms with Crippen molar-refractivity contribution >= 4 is 16.9 Å². The molecule has 7 nitrogen and oxygen atoms in total. The molecule has 0 fully saturated rings. The number of aromatic nitrogens is 2. The molecule has 2 N–H and O–H groups in total. The number of aromatic hydroxyl groups is 1. The number of carboxylic acid groups (broad SMARTS) is 1. The highest BCUT2D eigenvalue weighted by atomic mass is 16.4. The van der Waals surface area contributed by atoms with E-state index in [1.807, 2.05) is 67.8 Å². The van der Waals surface area contributed by atoms with Gasteiger partial charge in [0.25, 0.3) is 0 Å². The first kappa shape index (κ1) is 19.9. The van der Waals surface area contributed by atoms with E-state index in [0.717, 1.165) is 11.1 Å². The van der Waals surface area contributed by atoms with E-state index < -0.39 is 5.97 Å². The van der Waals surface area contributed by atoms with Crippen LogP contribution in [0.1, 0.15) is 21.6 Å². The Balaban J connectivity index is 2.45. The number of rotatable bonds is 6. The minimum atomic E-state index is -0.987. The van der Waals surface area contributed by atoms with Crippen LogP contribution in [0.25, 0.3) is 22.0 Å². The van der Waals surface area contributed by atoms with Gasteiger partial charge in [0.2, 0.25) is 0 Å². The fourth-order valence-corrected chi connectivity index (χ4v) is 3.65. The molecule has 0 saturated carbocycles. The molecule has 3 rings (SSSR count). The molecule has 28 heavy (non-hydrogen) atoms. The van der Waals surface area contributed by atoms with Crippen molar-refractivity contribution in [2.75, 3.05) is 28.2 Å². The Kier molecular flexibility index (Phi) is 5.40. The molecule has 7 heteroatoms. The van der Waals surface area contributed by atoms with E-state index >= 15 is 0 Å². The van der Waals surface area contributed by atoms with E-state index in [1.54, 1.807) is 12.4 Å². The van der Waals surface area contributed by atoms with Gasteiger partial charge in [-0.2, -0.15) is 0 Å². The number of hydrogen-bond acceptors (Lipinski definition) is 5. The van der Waals surface area contributed by atoms with Crippen LogP contribution in [0.2, 0.25) is 0 Å². The van der Waals surface area contributed by atoms with Crippen molar-refractivity contribution in [1.82, 2.24) is 19.4 Å². The van der Waals surface area contributed by atoms with E-state index in [2.05, 4.69) is 4.98 Å². The second-order valence-electron chi connectivity index (χ2n) is 7.54. The van der Waals surface area contributed by atoms with Gasteiger partial charge in [-0.3, -0.25) is 4.98 Å². The number of aromatic carboxylic acids is 1. The molecule has 0 aliphatic heterocycles. The summed E-state index contributed by atoms with van der Waals surface area (Å²) in [5, 5.41) is 21.7. The second kappa shape index (κ2) is 7.61. The first-order chi connectivity index (χ1) is 13.2. The van der Waals surface area contributed by atoms with Gasteiger partial charge in [-0.05, 0) is 52.0 Å². The topological polar surface area (TPSA) is 81.8 Å². The van der Waals surface area contributed by atoms with Crippen molar-refractivity contribution < 1.29 is 15.0 Å². The van der Waals surface area contributed by atoms with Crippen LogP contribution in [0.15, 0.2) is 30.6 Å². The lowest BCUT2D eigenvalue weighted by Gasteiger charge is -2.16. The predicted octanol–water partition coefficient (Wildman–Crippen LogP) is 2.77. The van der Waals surface area contributed by atoms with E-state index in [1.165, 1.54) is 0 Å². The lowest BCUT2D eigenvalue weighted by Crippen LogP contribution is -2.16. The van der Waals surface area contributed by atoms with Crippen LogP contribution >= 0.6 is 0 Å². The van der Waals surface area contributed by atoms with Crippen molar-refractivity contribution in [3.05, 3.63) is 47.4 Å². The molecule has 0 aliphatic rings. The highest BCUT2D eigenvalue weighted by Crippen LogP contribution is 2.41.